The maximum atomic E-state index is 11.8. The molecule has 3 aromatic rings. The third-order valence-electron chi connectivity index (χ3n) is 3.21. The smallest absolute Gasteiger partial charge is 0.199 e. The highest BCUT2D eigenvalue weighted by Gasteiger charge is 2.17. The van der Waals surface area contributed by atoms with E-state index in [1.807, 2.05) is 17.6 Å². The highest BCUT2D eigenvalue weighted by Crippen LogP contribution is 2.25. The molecule has 0 bridgehead atoms. The molecule has 0 unspecified atom stereocenters. The molecule has 0 spiro atoms. The number of rotatable bonds is 2. The maximum Gasteiger partial charge on any atom is 0.199 e. The number of pyridine rings is 1. The fraction of sp³-hybridized carbons (Fsp3) is 0.333. The first-order valence-electron chi connectivity index (χ1n) is 6.47. The second-order valence-corrected chi connectivity index (χ2v) is 7.68. The lowest BCUT2D eigenvalue weighted by molar-refractivity contribution is 0.570. The monoisotopic (exact) mass is 304 g/mol. The van der Waals surface area contributed by atoms with Crippen LogP contribution in [0.15, 0.2) is 33.9 Å². The van der Waals surface area contributed by atoms with Gasteiger partial charge >= 0.3 is 0 Å². The molecule has 3 nitrogen and oxygen atoms in total. The fourth-order valence-corrected chi connectivity index (χ4v) is 3.88. The second-order valence-electron chi connectivity index (χ2n) is 5.82. The van der Waals surface area contributed by atoms with Crippen LogP contribution in [0.3, 0.4) is 0 Å². The lowest BCUT2D eigenvalue weighted by Crippen LogP contribution is -2.12. The molecule has 0 amide bonds. The van der Waals surface area contributed by atoms with E-state index in [-0.39, 0.29) is 10.8 Å². The highest BCUT2D eigenvalue weighted by atomic mass is 32.1. The summed E-state index contributed by atoms with van der Waals surface area (Å²) in [5.41, 5.74) is 2.30. The van der Waals surface area contributed by atoms with Gasteiger partial charge in [0.15, 0.2) is 5.43 Å². The van der Waals surface area contributed by atoms with Crippen molar-refractivity contribution in [3.05, 3.63) is 50.0 Å². The van der Waals surface area contributed by atoms with Crippen LogP contribution in [0.2, 0.25) is 0 Å². The van der Waals surface area contributed by atoms with Crippen molar-refractivity contribution in [2.75, 3.05) is 0 Å². The van der Waals surface area contributed by atoms with Gasteiger partial charge in [-0.25, -0.2) is 4.98 Å². The van der Waals surface area contributed by atoms with Crippen LogP contribution in [-0.2, 0) is 12.0 Å². The molecule has 0 saturated carbocycles. The third-order valence-corrected chi connectivity index (χ3v) is 4.96. The lowest BCUT2D eigenvalue weighted by Gasteiger charge is -2.14. The number of fused-ring (bicyclic) bond motifs is 1. The SMILES string of the molecule is CC(C)(C)c1csc(Cn2ccc(=O)c3sccc32)n1. The summed E-state index contributed by atoms with van der Waals surface area (Å²) in [5.74, 6) is 0. The summed E-state index contributed by atoms with van der Waals surface area (Å²) in [5, 5.41) is 5.17. The molecule has 20 heavy (non-hydrogen) atoms. The Bertz CT molecular complexity index is 805. The van der Waals surface area contributed by atoms with E-state index in [9.17, 15) is 4.79 Å². The standard InChI is InChI=1S/C15H16N2OS2/c1-15(2,3)12-9-20-13(16-12)8-17-6-4-11(18)14-10(17)5-7-19-14/h4-7,9H,8H2,1-3H3. The molecule has 0 N–H and O–H groups in total. The first-order chi connectivity index (χ1) is 9.45. The Hall–Kier alpha value is -1.46. The predicted molar refractivity (Wildman–Crippen MR) is 86.0 cm³/mol. The van der Waals surface area contributed by atoms with Crippen molar-refractivity contribution < 1.29 is 0 Å². The van der Waals surface area contributed by atoms with E-state index in [0.29, 0.717) is 6.54 Å². The molecule has 3 aromatic heterocycles. The molecule has 104 valence electrons. The van der Waals surface area contributed by atoms with Gasteiger partial charge in [0.25, 0.3) is 0 Å². The molecule has 3 rings (SSSR count). The molecule has 5 heteroatoms. The van der Waals surface area contributed by atoms with Gasteiger partial charge in [-0.05, 0) is 11.4 Å². The van der Waals surface area contributed by atoms with Gasteiger partial charge in [0.05, 0.1) is 22.5 Å². The predicted octanol–water partition coefficient (Wildman–Crippen LogP) is 3.87. The largest absolute Gasteiger partial charge is 0.340 e. The summed E-state index contributed by atoms with van der Waals surface area (Å²) in [6.45, 7) is 7.22. The van der Waals surface area contributed by atoms with Gasteiger partial charge in [0.1, 0.15) is 5.01 Å². The number of aromatic nitrogens is 2. The van der Waals surface area contributed by atoms with Crippen molar-refractivity contribution in [1.82, 2.24) is 9.55 Å². The molecule has 0 atom stereocenters. The summed E-state index contributed by atoms with van der Waals surface area (Å²) in [7, 11) is 0. The maximum absolute atomic E-state index is 11.8. The van der Waals surface area contributed by atoms with Crippen LogP contribution in [0.5, 0.6) is 0 Å². The zero-order valence-corrected chi connectivity index (χ0v) is 13.3. The van der Waals surface area contributed by atoms with Crippen LogP contribution in [0.1, 0.15) is 31.5 Å². The topological polar surface area (TPSA) is 34.9 Å². The average Bonchev–Trinajstić information content (AvgIpc) is 3.00. The first-order valence-corrected chi connectivity index (χ1v) is 8.22. The normalized spacial score (nSPS) is 12.2. The van der Waals surface area contributed by atoms with Gasteiger partial charge in [-0.2, -0.15) is 0 Å². The van der Waals surface area contributed by atoms with Crippen LogP contribution in [0.4, 0.5) is 0 Å². The van der Waals surface area contributed by atoms with Crippen molar-refractivity contribution in [3.63, 3.8) is 0 Å². The number of thiophene rings is 1. The van der Waals surface area contributed by atoms with E-state index in [1.54, 1.807) is 17.4 Å². The minimum Gasteiger partial charge on any atom is -0.340 e. The van der Waals surface area contributed by atoms with Gasteiger partial charge in [-0.3, -0.25) is 4.79 Å². The first kappa shape index (κ1) is 13.5. The van der Waals surface area contributed by atoms with Gasteiger partial charge in [0, 0.05) is 23.1 Å². The number of thiazole rings is 1. The minimum atomic E-state index is 0.0794. The van der Waals surface area contributed by atoms with Crippen LogP contribution in [0, 0.1) is 0 Å². The van der Waals surface area contributed by atoms with Crippen LogP contribution in [-0.4, -0.2) is 9.55 Å². The summed E-state index contributed by atoms with van der Waals surface area (Å²) >= 11 is 3.18. The Kier molecular flexibility index (Phi) is 3.26. The number of hydrogen-bond acceptors (Lipinski definition) is 4. The molecular weight excluding hydrogens is 288 g/mol. The third kappa shape index (κ3) is 2.43. The van der Waals surface area contributed by atoms with Crippen molar-refractivity contribution >= 4 is 32.9 Å². The van der Waals surface area contributed by atoms with E-state index < -0.39 is 0 Å². The molecule has 0 radical (unpaired) electrons. The van der Waals surface area contributed by atoms with Gasteiger partial charge in [0.2, 0.25) is 0 Å². The molecule has 0 aromatic carbocycles. The fourth-order valence-electron chi connectivity index (χ4n) is 2.04. The summed E-state index contributed by atoms with van der Waals surface area (Å²) in [4.78, 5) is 16.5. The van der Waals surface area contributed by atoms with Crippen molar-refractivity contribution in [2.45, 2.75) is 32.7 Å². The quantitative estimate of drug-likeness (QED) is 0.720. The number of hydrogen-bond donors (Lipinski definition) is 0. The Morgan fingerprint density at radius 2 is 2.05 bits per heavy atom. The minimum absolute atomic E-state index is 0.0794. The van der Waals surface area contributed by atoms with Crippen LogP contribution < -0.4 is 5.43 Å². The molecular formula is C15H16N2OS2. The van der Waals surface area contributed by atoms with E-state index >= 15 is 0 Å². The van der Waals surface area contributed by atoms with Crippen LogP contribution in [0.25, 0.3) is 10.2 Å². The Labute approximate surface area is 125 Å². The zero-order chi connectivity index (χ0) is 14.3. The van der Waals surface area contributed by atoms with Gasteiger partial charge in [-0.1, -0.05) is 20.8 Å². The van der Waals surface area contributed by atoms with Crippen LogP contribution >= 0.6 is 22.7 Å². The summed E-state index contributed by atoms with van der Waals surface area (Å²) < 4.78 is 2.92. The van der Waals surface area contributed by atoms with Crippen molar-refractivity contribution in [3.8, 4) is 0 Å². The lowest BCUT2D eigenvalue weighted by atomic mass is 9.93. The summed E-state index contributed by atoms with van der Waals surface area (Å²) in [6, 6.07) is 3.64. The molecule has 0 aliphatic heterocycles. The van der Waals surface area contributed by atoms with E-state index in [4.69, 9.17) is 4.98 Å². The second kappa shape index (κ2) is 4.82. The van der Waals surface area contributed by atoms with E-state index in [1.165, 1.54) is 11.3 Å². The zero-order valence-electron chi connectivity index (χ0n) is 11.7. The average molecular weight is 304 g/mol. The molecule has 0 fully saturated rings. The molecule has 3 heterocycles. The Morgan fingerprint density at radius 3 is 2.75 bits per heavy atom. The highest BCUT2D eigenvalue weighted by molar-refractivity contribution is 7.17. The van der Waals surface area contributed by atoms with Crippen molar-refractivity contribution in [2.24, 2.45) is 0 Å². The Balaban J connectivity index is 1.98. The van der Waals surface area contributed by atoms with Gasteiger partial charge in [-0.15, -0.1) is 22.7 Å². The van der Waals surface area contributed by atoms with Crippen molar-refractivity contribution in [1.29, 1.82) is 0 Å². The Morgan fingerprint density at radius 1 is 1.25 bits per heavy atom. The molecule has 0 aliphatic rings. The number of nitrogens with zero attached hydrogens (tertiary/aromatic N) is 2. The molecule has 0 saturated heterocycles. The summed E-state index contributed by atoms with van der Waals surface area (Å²) in [6.07, 6.45) is 1.86. The van der Waals surface area contributed by atoms with E-state index in [2.05, 4.69) is 30.7 Å². The molecule has 0 aliphatic carbocycles. The van der Waals surface area contributed by atoms with E-state index in [0.717, 1.165) is 20.9 Å². The van der Waals surface area contributed by atoms with Gasteiger partial charge < -0.3 is 4.57 Å².